The third-order valence-electron chi connectivity index (χ3n) is 4.39. The summed E-state index contributed by atoms with van der Waals surface area (Å²) in [5.74, 6) is 0.0313. The van der Waals surface area contributed by atoms with Gasteiger partial charge in [0.1, 0.15) is 0 Å². The molecule has 0 radical (unpaired) electrons. The maximum Gasteiger partial charge on any atom is 0.257 e. The zero-order valence-corrected chi connectivity index (χ0v) is 12.0. The molecule has 2 N–H and O–H groups in total. The lowest BCUT2D eigenvalue weighted by molar-refractivity contribution is 0.0744. The van der Waals surface area contributed by atoms with Gasteiger partial charge >= 0.3 is 0 Å². The lowest BCUT2D eigenvalue weighted by atomic mass is 10.1. The van der Waals surface area contributed by atoms with E-state index in [2.05, 4.69) is 9.88 Å². The Hall–Kier alpha value is -1.62. The normalized spacial score (nSPS) is 23.4. The van der Waals surface area contributed by atoms with E-state index < -0.39 is 0 Å². The highest BCUT2D eigenvalue weighted by molar-refractivity contribution is 5.98. The number of anilines is 1. The van der Waals surface area contributed by atoms with E-state index in [1.54, 1.807) is 12.3 Å². The van der Waals surface area contributed by atoms with Crippen molar-refractivity contribution in [2.24, 2.45) is 0 Å². The molecule has 1 aromatic heterocycles. The number of hydrogen-bond acceptors (Lipinski definition) is 4. The number of nitrogens with zero attached hydrogens (tertiary/aromatic N) is 3. The molecule has 0 bridgehead atoms. The van der Waals surface area contributed by atoms with Crippen LogP contribution in [0.2, 0.25) is 0 Å². The molecule has 2 fully saturated rings. The summed E-state index contributed by atoms with van der Waals surface area (Å²) in [6, 6.07) is 2.30. The largest absolute Gasteiger partial charge is 0.398 e. The summed E-state index contributed by atoms with van der Waals surface area (Å²) >= 11 is 0. The molecular weight excluding hydrogens is 252 g/mol. The van der Waals surface area contributed by atoms with Gasteiger partial charge in [-0.1, -0.05) is 0 Å². The first-order valence-corrected chi connectivity index (χ1v) is 7.40. The van der Waals surface area contributed by atoms with Gasteiger partial charge in [0.15, 0.2) is 0 Å². The zero-order valence-electron chi connectivity index (χ0n) is 12.0. The predicted octanol–water partition coefficient (Wildman–Crippen LogP) is 1.28. The number of nitrogen functional groups attached to an aromatic ring is 1. The SMILES string of the molecule is Cc1cc(N)c(C(=O)N2CCCN3CCCC3C2)cn1. The van der Waals surface area contributed by atoms with Crippen molar-refractivity contribution in [1.29, 1.82) is 0 Å². The first kappa shape index (κ1) is 13.4. The first-order valence-electron chi connectivity index (χ1n) is 7.40. The fourth-order valence-corrected chi connectivity index (χ4v) is 3.32. The van der Waals surface area contributed by atoms with Gasteiger partial charge < -0.3 is 10.6 Å². The molecule has 108 valence electrons. The summed E-state index contributed by atoms with van der Waals surface area (Å²) in [5, 5.41) is 0. The lowest BCUT2D eigenvalue weighted by Crippen LogP contribution is -2.39. The minimum atomic E-state index is 0.0313. The number of pyridine rings is 1. The Morgan fingerprint density at radius 2 is 2.15 bits per heavy atom. The minimum absolute atomic E-state index is 0.0313. The highest BCUT2D eigenvalue weighted by atomic mass is 16.2. The molecule has 5 heteroatoms. The van der Waals surface area contributed by atoms with Gasteiger partial charge in [0.05, 0.1) is 5.56 Å². The molecule has 2 saturated heterocycles. The van der Waals surface area contributed by atoms with Gasteiger partial charge in [-0.05, 0) is 38.8 Å². The molecule has 0 aromatic carbocycles. The maximum atomic E-state index is 12.7. The van der Waals surface area contributed by atoms with Crippen LogP contribution in [-0.4, -0.2) is 52.9 Å². The second-order valence-corrected chi connectivity index (χ2v) is 5.85. The van der Waals surface area contributed by atoms with Crippen LogP contribution in [0.5, 0.6) is 0 Å². The summed E-state index contributed by atoms with van der Waals surface area (Å²) in [6.07, 6.45) is 5.11. The van der Waals surface area contributed by atoms with Gasteiger partial charge in [0.2, 0.25) is 0 Å². The van der Waals surface area contributed by atoms with Crippen LogP contribution in [0.4, 0.5) is 5.69 Å². The number of carbonyl (C=O) groups is 1. The van der Waals surface area contributed by atoms with Crippen LogP contribution in [-0.2, 0) is 0 Å². The summed E-state index contributed by atoms with van der Waals surface area (Å²) < 4.78 is 0. The number of carbonyl (C=O) groups excluding carboxylic acids is 1. The van der Waals surface area contributed by atoms with Crippen molar-refractivity contribution in [1.82, 2.24) is 14.8 Å². The highest BCUT2D eigenvalue weighted by Crippen LogP contribution is 2.23. The molecule has 1 unspecified atom stereocenters. The average Bonchev–Trinajstić information content (AvgIpc) is 2.75. The van der Waals surface area contributed by atoms with Crippen molar-refractivity contribution in [2.45, 2.75) is 32.2 Å². The molecule has 20 heavy (non-hydrogen) atoms. The number of aryl methyl sites for hydroxylation is 1. The Labute approximate surface area is 119 Å². The van der Waals surface area contributed by atoms with E-state index >= 15 is 0 Å². The van der Waals surface area contributed by atoms with E-state index in [-0.39, 0.29) is 5.91 Å². The number of fused-ring (bicyclic) bond motifs is 1. The molecular formula is C15H22N4O. The fraction of sp³-hybridized carbons (Fsp3) is 0.600. The smallest absolute Gasteiger partial charge is 0.257 e. The monoisotopic (exact) mass is 274 g/mol. The molecule has 1 aromatic rings. The third-order valence-corrected chi connectivity index (χ3v) is 4.39. The van der Waals surface area contributed by atoms with E-state index in [4.69, 9.17) is 5.73 Å². The van der Waals surface area contributed by atoms with E-state index in [0.29, 0.717) is 17.3 Å². The van der Waals surface area contributed by atoms with Gasteiger partial charge in [-0.25, -0.2) is 0 Å². The maximum absolute atomic E-state index is 12.7. The fourth-order valence-electron chi connectivity index (χ4n) is 3.32. The van der Waals surface area contributed by atoms with Crippen molar-refractivity contribution in [3.63, 3.8) is 0 Å². The number of rotatable bonds is 1. The standard InChI is InChI=1S/C15H22N4O/c1-11-8-14(16)13(9-17-11)15(20)19-7-3-6-18-5-2-4-12(18)10-19/h8-9,12H,2-7,10H2,1H3,(H2,16,17). The Morgan fingerprint density at radius 1 is 1.35 bits per heavy atom. The van der Waals surface area contributed by atoms with Crippen LogP contribution < -0.4 is 5.73 Å². The molecule has 5 nitrogen and oxygen atoms in total. The van der Waals surface area contributed by atoms with Crippen LogP contribution in [0.15, 0.2) is 12.3 Å². The summed E-state index contributed by atoms with van der Waals surface area (Å²) in [7, 11) is 0. The second kappa shape index (κ2) is 5.40. The average molecular weight is 274 g/mol. The molecule has 0 aliphatic carbocycles. The Kier molecular flexibility index (Phi) is 3.61. The molecule has 1 amide bonds. The van der Waals surface area contributed by atoms with E-state index in [0.717, 1.165) is 31.7 Å². The van der Waals surface area contributed by atoms with Crippen molar-refractivity contribution < 1.29 is 4.79 Å². The quantitative estimate of drug-likeness (QED) is 0.838. The molecule has 0 spiro atoms. The lowest BCUT2D eigenvalue weighted by Gasteiger charge is -2.26. The number of hydrogen-bond donors (Lipinski definition) is 1. The van der Waals surface area contributed by atoms with Crippen molar-refractivity contribution in [3.8, 4) is 0 Å². The molecule has 0 saturated carbocycles. The predicted molar refractivity (Wildman–Crippen MR) is 78.5 cm³/mol. The van der Waals surface area contributed by atoms with Crippen LogP contribution >= 0.6 is 0 Å². The third kappa shape index (κ3) is 2.50. The molecule has 2 aliphatic rings. The highest BCUT2D eigenvalue weighted by Gasteiger charge is 2.31. The van der Waals surface area contributed by atoms with Crippen LogP contribution in [0.1, 0.15) is 35.3 Å². The van der Waals surface area contributed by atoms with Gasteiger partial charge in [-0.3, -0.25) is 14.7 Å². The molecule has 3 rings (SSSR count). The molecule has 1 atom stereocenters. The number of nitrogens with two attached hydrogens (primary N) is 1. The van der Waals surface area contributed by atoms with E-state index in [1.807, 2.05) is 11.8 Å². The van der Waals surface area contributed by atoms with Gasteiger partial charge in [-0.15, -0.1) is 0 Å². The topological polar surface area (TPSA) is 62.5 Å². The van der Waals surface area contributed by atoms with Crippen LogP contribution in [0, 0.1) is 6.92 Å². The molecule has 3 heterocycles. The van der Waals surface area contributed by atoms with Crippen LogP contribution in [0.25, 0.3) is 0 Å². The van der Waals surface area contributed by atoms with Gasteiger partial charge in [-0.2, -0.15) is 0 Å². The van der Waals surface area contributed by atoms with Gasteiger partial charge in [0.25, 0.3) is 5.91 Å². The number of amides is 1. The van der Waals surface area contributed by atoms with E-state index in [1.165, 1.54) is 19.4 Å². The summed E-state index contributed by atoms with van der Waals surface area (Å²) in [4.78, 5) is 21.3. The van der Waals surface area contributed by atoms with E-state index in [9.17, 15) is 4.79 Å². The van der Waals surface area contributed by atoms with Crippen molar-refractivity contribution in [3.05, 3.63) is 23.5 Å². The summed E-state index contributed by atoms with van der Waals surface area (Å²) in [6.45, 7) is 5.81. The Balaban J connectivity index is 1.79. The van der Waals surface area contributed by atoms with Crippen molar-refractivity contribution >= 4 is 11.6 Å². The van der Waals surface area contributed by atoms with Crippen molar-refractivity contribution in [2.75, 3.05) is 31.9 Å². The minimum Gasteiger partial charge on any atom is -0.398 e. The Morgan fingerprint density at radius 3 is 2.95 bits per heavy atom. The second-order valence-electron chi connectivity index (χ2n) is 5.85. The first-order chi connectivity index (χ1) is 9.65. The number of aromatic nitrogens is 1. The summed E-state index contributed by atoms with van der Waals surface area (Å²) in [5.41, 5.74) is 7.90. The van der Waals surface area contributed by atoms with Crippen LogP contribution in [0.3, 0.4) is 0 Å². The zero-order chi connectivity index (χ0) is 14.1. The molecule has 2 aliphatic heterocycles. The van der Waals surface area contributed by atoms with Gasteiger partial charge in [0, 0.05) is 43.3 Å². The Bertz CT molecular complexity index is 517.